The number of hydrogen-bond acceptors (Lipinski definition) is 3. The molecule has 3 nitrogen and oxygen atoms in total. The largest absolute Gasteiger partial charge is 0.393 e. The average molecular weight is 318 g/mol. The maximum absolute atomic E-state index is 11.9. The fourth-order valence-electron chi connectivity index (χ4n) is 2.14. The number of hydrogen-bond donors (Lipinski definition) is 0. The molecule has 0 saturated heterocycles. The third-order valence-corrected chi connectivity index (χ3v) is 3.67. The molecule has 0 N–H and O–H groups in total. The average Bonchev–Trinajstić information content (AvgIpc) is 2.40. The number of ether oxygens (including phenoxy) is 1. The SMILES string of the molecule is CCCCC(CC)C(=O)OC(=O)C(CC)CCCC.[Ti]. The molecular weight excluding hydrogens is 288 g/mol. The van der Waals surface area contributed by atoms with E-state index in [9.17, 15) is 9.59 Å². The van der Waals surface area contributed by atoms with Gasteiger partial charge in [0.1, 0.15) is 0 Å². The molecule has 4 heteroatoms. The van der Waals surface area contributed by atoms with Gasteiger partial charge >= 0.3 is 11.9 Å². The van der Waals surface area contributed by atoms with Gasteiger partial charge in [0.25, 0.3) is 0 Å². The number of rotatable bonds is 10. The molecule has 0 saturated carbocycles. The molecule has 0 heterocycles. The Morgan fingerprint density at radius 2 is 1.15 bits per heavy atom. The minimum absolute atomic E-state index is 0. The van der Waals surface area contributed by atoms with Crippen molar-refractivity contribution in [3.63, 3.8) is 0 Å². The van der Waals surface area contributed by atoms with Crippen molar-refractivity contribution in [2.75, 3.05) is 0 Å². The molecule has 0 bridgehead atoms. The maximum atomic E-state index is 11.9. The summed E-state index contributed by atoms with van der Waals surface area (Å²) in [7, 11) is 0. The molecule has 0 spiro atoms. The second-order valence-electron chi connectivity index (χ2n) is 5.23. The minimum Gasteiger partial charge on any atom is -0.393 e. The molecule has 0 aliphatic heterocycles. The van der Waals surface area contributed by atoms with Gasteiger partial charge in [0.15, 0.2) is 0 Å². The van der Waals surface area contributed by atoms with Crippen LogP contribution in [0.25, 0.3) is 0 Å². The van der Waals surface area contributed by atoms with Crippen LogP contribution in [0.4, 0.5) is 0 Å². The Morgan fingerprint density at radius 3 is 1.40 bits per heavy atom. The second kappa shape index (κ2) is 13.8. The van der Waals surface area contributed by atoms with E-state index in [0.29, 0.717) is 0 Å². The Labute approximate surface area is 139 Å². The van der Waals surface area contributed by atoms with Crippen LogP contribution in [0, 0.1) is 11.8 Å². The second-order valence-corrected chi connectivity index (χ2v) is 5.23. The van der Waals surface area contributed by atoms with Gasteiger partial charge in [-0.05, 0) is 25.7 Å². The molecule has 0 aliphatic carbocycles. The van der Waals surface area contributed by atoms with Gasteiger partial charge in [-0.25, -0.2) is 0 Å². The zero-order chi connectivity index (χ0) is 14.7. The quantitative estimate of drug-likeness (QED) is 0.339. The van der Waals surface area contributed by atoms with Crippen LogP contribution in [0.5, 0.6) is 0 Å². The topological polar surface area (TPSA) is 43.4 Å². The molecule has 0 aromatic carbocycles. The number of carbonyl (C=O) groups is 2. The number of esters is 2. The smallest absolute Gasteiger partial charge is 0.316 e. The van der Waals surface area contributed by atoms with Crippen molar-refractivity contribution in [3.8, 4) is 0 Å². The van der Waals surface area contributed by atoms with Crippen molar-refractivity contribution in [2.24, 2.45) is 11.8 Å². The van der Waals surface area contributed by atoms with E-state index in [1.165, 1.54) is 0 Å². The summed E-state index contributed by atoms with van der Waals surface area (Å²) in [6, 6.07) is 0. The third-order valence-electron chi connectivity index (χ3n) is 3.67. The molecule has 0 fully saturated rings. The summed E-state index contributed by atoms with van der Waals surface area (Å²) >= 11 is 0. The maximum Gasteiger partial charge on any atom is 0.316 e. The van der Waals surface area contributed by atoms with E-state index >= 15 is 0 Å². The van der Waals surface area contributed by atoms with Gasteiger partial charge < -0.3 is 4.74 Å². The number of unbranched alkanes of at least 4 members (excludes halogenated alkanes) is 2. The van der Waals surface area contributed by atoms with Crippen molar-refractivity contribution in [1.29, 1.82) is 0 Å². The fraction of sp³-hybridized carbons (Fsp3) is 0.875. The summed E-state index contributed by atoms with van der Waals surface area (Å²) in [4.78, 5) is 23.9. The number of carbonyl (C=O) groups excluding carboxylic acids is 2. The van der Waals surface area contributed by atoms with E-state index in [4.69, 9.17) is 4.74 Å². The Kier molecular flexibility index (Phi) is 15.3. The van der Waals surface area contributed by atoms with E-state index in [1.807, 2.05) is 13.8 Å². The summed E-state index contributed by atoms with van der Waals surface area (Å²) in [5.74, 6) is -0.882. The van der Waals surface area contributed by atoms with E-state index in [2.05, 4.69) is 13.8 Å². The van der Waals surface area contributed by atoms with Gasteiger partial charge in [0, 0.05) is 21.7 Å². The Morgan fingerprint density at radius 1 is 0.800 bits per heavy atom. The van der Waals surface area contributed by atoms with Crippen molar-refractivity contribution in [1.82, 2.24) is 0 Å². The zero-order valence-corrected chi connectivity index (χ0v) is 15.1. The van der Waals surface area contributed by atoms with Gasteiger partial charge in [0.05, 0.1) is 11.8 Å². The summed E-state index contributed by atoms with van der Waals surface area (Å²) in [5.41, 5.74) is 0. The monoisotopic (exact) mass is 318 g/mol. The predicted octanol–water partition coefficient (Wildman–Crippen LogP) is 4.49. The van der Waals surface area contributed by atoms with Gasteiger partial charge in [-0.1, -0.05) is 53.4 Å². The van der Waals surface area contributed by atoms with Gasteiger partial charge in [-0.2, -0.15) is 0 Å². The van der Waals surface area contributed by atoms with E-state index in [-0.39, 0.29) is 45.5 Å². The Bertz CT molecular complexity index is 240. The molecule has 0 aromatic rings. The van der Waals surface area contributed by atoms with Crippen LogP contribution in [0.1, 0.15) is 79.1 Å². The molecule has 0 aliphatic rings. The van der Waals surface area contributed by atoms with Crippen LogP contribution in [0.3, 0.4) is 0 Å². The minimum atomic E-state index is -0.323. The third kappa shape index (κ3) is 8.91. The molecule has 0 radical (unpaired) electrons. The first-order valence-corrected chi connectivity index (χ1v) is 7.86. The van der Waals surface area contributed by atoms with Gasteiger partial charge in [-0.15, -0.1) is 0 Å². The van der Waals surface area contributed by atoms with Crippen LogP contribution in [0.15, 0.2) is 0 Å². The molecule has 0 aromatic heterocycles. The van der Waals surface area contributed by atoms with Gasteiger partial charge in [0.2, 0.25) is 0 Å². The van der Waals surface area contributed by atoms with Gasteiger partial charge in [-0.3, -0.25) is 9.59 Å². The molecule has 2 unspecified atom stereocenters. The predicted molar refractivity (Wildman–Crippen MR) is 77.7 cm³/mol. The molecule has 116 valence electrons. The van der Waals surface area contributed by atoms with Crippen LogP contribution in [-0.4, -0.2) is 11.9 Å². The van der Waals surface area contributed by atoms with Crippen LogP contribution in [0.2, 0.25) is 0 Å². The zero-order valence-electron chi connectivity index (χ0n) is 13.5. The molecular formula is C16H30O3Ti. The van der Waals surface area contributed by atoms with Crippen LogP contribution >= 0.6 is 0 Å². The van der Waals surface area contributed by atoms with Crippen molar-refractivity contribution >= 4 is 11.9 Å². The van der Waals surface area contributed by atoms with Crippen molar-refractivity contribution < 1.29 is 36.0 Å². The molecule has 0 rings (SSSR count). The van der Waals surface area contributed by atoms with Crippen molar-refractivity contribution in [3.05, 3.63) is 0 Å². The first-order chi connectivity index (χ1) is 9.10. The van der Waals surface area contributed by atoms with Crippen LogP contribution < -0.4 is 0 Å². The summed E-state index contributed by atoms with van der Waals surface area (Å²) in [5, 5.41) is 0. The first kappa shape index (κ1) is 22.1. The Hall–Kier alpha value is -0.146. The Balaban J connectivity index is 0. The standard InChI is InChI=1S/C16H30O3.Ti/c1-5-9-11-13(7-3)15(17)19-16(18)14(8-4)12-10-6-2;/h13-14H,5-12H2,1-4H3;. The molecule has 2 atom stereocenters. The van der Waals surface area contributed by atoms with Crippen LogP contribution in [-0.2, 0) is 36.0 Å². The summed E-state index contributed by atoms with van der Waals surface area (Å²) in [6.45, 7) is 8.14. The van der Waals surface area contributed by atoms with Crippen molar-refractivity contribution in [2.45, 2.75) is 79.1 Å². The van der Waals surface area contributed by atoms with E-state index in [0.717, 1.165) is 51.4 Å². The normalized spacial score (nSPS) is 13.2. The fourth-order valence-corrected chi connectivity index (χ4v) is 2.14. The van der Waals surface area contributed by atoms with E-state index in [1.54, 1.807) is 0 Å². The summed E-state index contributed by atoms with van der Waals surface area (Å²) in [6.07, 6.45) is 7.28. The van der Waals surface area contributed by atoms with E-state index < -0.39 is 0 Å². The molecule has 0 amide bonds. The first-order valence-electron chi connectivity index (χ1n) is 7.86. The summed E-state index contributed by atoms with van der Waals surface area (Å²) < 4.78 is 5.07. The molecule has 20 heavy (non-hydrogen) atoms.